The molecule has 0 atom stereocenters. The lowest BCUT2D eigenvalue weighted by Crippen LogP contribution is -1.86. The molecule has 0 saturated carbocycles. The van der Waals surface area contributed by atoms with E-state index in [9.17, 15) is 0 Å². The fourth-order valence-electron chi connectivity index (χ4n) is 1.76. The minimum absolute atomic E-state index is 0.491. The van der Waals surface area contributed by atoms with Gasteiger partial charge in [0.2, 0.25) is 0 Å². The first-order valence-electron chi connectivity index (χ1n) is 6.28. The number of aromatic nitrogens is 2. The van der Waals surface area contributed by atoms with E-state index in [-0.39, 0.29) is 0 Å². The fraction of sp³-hybridized carbons (Fsp3) is 0.0667. The van der Waals surface area contributed by atoms with E-state index in [0.29, 0.717) is 23.2 Å². The maximum absolute atomic E-state index is 6.11. The van der Waals surface area contributed by atoms with Crippen LogP contribution in [-0.4, -0.2) is 10.1 Å². The molecule has 21 heavy (non-hydrogen) atoms. The van der Waals surface area contributed by atoms with E-state index in [1.807, 2.05) is 36.4 Å². The molecule has 3 aromatic rings. The molecule has 1 heterocycles. The lowest BCUT2D eigenvalue weighted by molar-refractivity contribution is 0.425. The van der Waals surface area contributed by atoms with Gasteiger partial charge in [-0.3, -0.25) is 0 Å². The van der Waals surface area contributed by atoms with Crippen molar-refractivity contribution in [2.24, 2.45) is 0 Å². The van der Waals surface area contributed by atoms with Crippen molar-refractivity contribution in [2.75, 3.05) is 5.73 Å². The summed E-state index contributed by atoms with van der Waals surface area (Å²) >= 11 is 7.68. The Hall–Kier alpha value is -1.98. The van der Waals surface area contributed by atoms with Gasteiger partial charge >= 0.3 is 0 Å². The van der Waals surface area contributed by atoms with Crippen molar-refractivity contribution >= 4 is 29.1 Å². The maximum Gasteiger partial charge on any atom is 0.257 e. The molecular weight excluding hydrogens is 306 g/mol. The van der Waals surface area contributed by atoms with Gasteiger partial charge in [0, 0.05) is 16.1 Å². The first kappa shape index (κ1) is 14.0. The maximum atomic E-state index is 6.11. The second-order valence-electron chi connectivity index (χ2n) is 4.36. The smallest absolute Gasteiger partial charge is 0.257 e. The minimum atomic E-state index is 0.491. The van der Waals surface area contributed by atoms with Gasteiger partial charge in [0.1, 0.15) is 0 Å². The van der Waals surface area contributed by atoms with Crippen molar-refractivity contribution in [2.45, 2.75) is 10.6 Å². The number of halogens is 1. The number of nitrogens with two attached hydrogens (primary N) is 1. The van der Waals surface area contributed by atoms with Gasteiger partial charge in [0.15, 0.2) is 5.82 Å². The monoisotopic (exact) mass is 317 g/mol. The van der Waals surface area contributed by atoms with Gasteiger partial charge in [-0.2, -0.15) is 4.98 Å². The van der Waals surface area contributed by atoms with E-state index in [1.165, 1.54) is 0 Å². The highest BCUT2D eigenvalue weighted by Gasteiger charge is 2.09. The number of hydrogen-bond donors (Lipinski definition) is 1. The minimum Gasteiger partial charge on any atom is -0.399 e. The number of thioether (sulfide) groups is 1. The fourth-order valence-corrected chi connectivity index (χ4v) is 2.84. The highest BCUT2D eigenvalue weighted by Crippen LogP contribution is 2.29. The van der Waals surface area contributed by atoms with Crippen LogP contribution in [0.4, 0.5) is 5.69 Å². The summed E-state index contributed by atoms with van der Waals surface area (Å²) < 4.78 is 5.26. The molecule has 1 aromatic heterocycles. The Bertz CT molecular complexity index is 743. The van der Waals surface area contributed by atoms with Crippen LogP contribution in [0.3, 0.4) is 0 Å². The van der Waals surface area contributed by atoms with E-state index < -0.39 is 0 Å². The molecule has 0 amide bonds. The van der Waals surface area contributed by atoms with Crippen LogP contribution in [0.5, 0.6) is 0 Å². The quantitative estimate of drug-likeness (QED) is 0.575. The number of rotatable bonds is 4. The Morgan fingerprint density at radius 2 is 1.86 bits per heavy atom. The van der Waals surface area contributed by atoms with Crippen LogP contribution in [0.25, 0.3) is 11.5 Å². The third kappa shape index (κ3) is 3.37. The van der Waals surface area contributed by atoms with Crippen molar-refractivity contribution in [3.05, 3.63) is 59.4 Å². The first-order chi connectivity index (χ1) is 10.2. The molecule has 4 nitrogen and oxygen atoms in total. The molecule has 0 spiro atoms. The molecule has 0 aliphatic carbocycles. The van der Waals surface area contributed by atoms with Crippen molar-refractivity contribution in [1.29, 1.82) is 0 Å². The van der Waals surface area contributed by atoms with Crippen molar-refractivity contribution in [3.8, 4) is 11.5 Å². The van der Waals surface area contributed by atoms with Crippen molar-refractivity contribution in [1.82, 2.24) is 10.1 Å². The standard InChI is InChI=1S/C15H12ClN3OS/c16-12-3-1-2-4-13(12)21-9-14-18-15(20-19-14)10-5-7-11(17)8-6-10/h1-8H,9,17H2. The zero-order valence-electron chi connectivity index (χ0n) is 11.0. The molecule has 3 rings (SSSR count). The van der Waals surface area contributed by atoms with Crippen LogP contribution in [-0.2, 0) is 5.75 Å². The molecule has 0 radical (unpaired) electrons. The topological polar surface area (TPSA) is 64.9 Å². The van der Waals surface area contributed by atoms with Crippen LogP contribution >= 0.6 is 23.4 Å². The number of anilines is 1. The van der Waals surface area contributed by atoms with Crippen LogP contribution < -0.4 is 5.73 Å². The highest BCUT2D eigenvalue weighted by atomic mass is 35.5. The van der Waals surface area contributed by atoms with Gasteiger partial charge in [-0.25, -0.2) is 0 Å². The number of benzene rings is 2. The predicted molar refractivity (Wildman–Crippen MR) is 85.2 cm³/mol. The highest BCUT2D eigenvalue weighted by molar-refractivity contribution is 7.98. The Balaban J connectivity index is 1.71. The summed E-state index contributed by atoms with van der Waals surface area (Å²) in [6, 6.07) is 15.0. The molecule has 0 fully saturated rings. The molecule has 106 valence electrons. The zero-order chi connectivity index (χ0) is 14.7. The van der Waals surface area contributed by atoms with Crippen LogP contribution in [0.15, 0.2) is 57.9 Å². The number of nitrogen functional groups attached to an aromatic ring is 1. The summed E-state index contributed by atoms with van der Waals surface area (Å²) in [6.45, 7) is 0. The van der Waals surface area contributed by atoms with Gasteiger partial charge < -0.3 is 10.3 Å². The molecule has 2 aromatic carbocycles. The average Bonchev–Trinajstić information content (AvgIpc) is 2.96. The van der Waals surface area contributed by atoms with Crippen molar-refractivity contribution < 1.29 is 4.52 Å². The van der Waals surface area contributed by atoms with E-state index in [0.717, 1.165) is 15.5 Å². The molecule has 0 aliphatic rings. The lowest BCUT2D eigenvalue weighted by atomic mass is 10.2. The Labute approximate surface area is 131 Å². The van der Waals surface area contributed by atoms with E-state index in [2.05, 4.69) is 10.1 Å². The van der Waals surface area contributed by atoms with Crippen LogP contribution in [0, 0.1) is 0 Å². The number of hydrogen-bond acceptors (Lipinski definition) is 5. The summed E-state index contributed by atoms with van der Waals surface area (Å²) in [4.78, 5) is 5.37. The Morgan fingerprint density at radius 1 is 1.10 bits per heavy atom. The second-order valence-corrected chi connectivity index (χ2v) is 5.78. The molecule has 0 aliphatic heterocycles. The summed E-state index contributed by atoms with van der Waals surface area (Å²) in [6.07, 6.45) is 0. The van der Waals surface area contributed by atoms with E-state index in [4.69, 9.17) is 21.9 Å². The lowest BCUT2D eigenvalue weighted by Gasteiger charge is -2.00. The Morgan fingerprint density at radius 3 is 2.62 bits per heavy atom. The number of nitrogens with zero attached hydrogens (tertiary/aromatic N) is 2. The molecular formula is C15H12ClN3OS. The average molecular weight is 318 g/mol. The predicted octanol–water partition coefficient (Wildman–Crippen LogP) is 4.26. The molecule has 0 bridgehead atoms. The van der Waals surface area contributed by atoms with Crippen molar-refractivity contribution in [3.63, 3.8) is 0 Å². The van der Waals surface area contributed by atoms with Gasteiger partial charge in [0.25, 0.3) is 5.89 Å². The first-order valence-corrected chi connectivity index (χ1v) is 7.64. The van der Waals surface area contributed by atoms with E-state index in [1.54, 1.807) is 23.9 Å². The zero-order valence-corrected chi connectivity index (χ0v) is 12.6. The van der Waals surface area contributed by atoms with Gasteiger partial charge in [-0.05, 0) is 36.4 Å². The van der Waals surface area contributed by atoms with Gasteiger partial charge in [-0.1, -0.05) is 28.9 Å². The molecule has 6 heteroatoms. The normalized spacial score (nSPS) is 10.7. The summed E-state index contributed by atoms with van der Waals surface area (Å²) in [5.41, 5.74) is 7.21. The summed E-state index contributed by atoms with van der Waals surface area (Å²) in [7, 11) is 0. The molecule has 2 N–H and O–H groups in total. The van der Waals surface area contributed by atoms with Gasteiger partial charge in [0.05, 0.1) is 10.8 Å². The van der Waals surface area contributed by atoms with E-state index >= 15 is 0 Å². The second kappa shape index (κ2) is 6.20. The van der Waals surface area contributed by atoms with Crippen LogP contribution in [0.1, 0.15) is 5.82 Å². The third-order valence-corrected chi connectivity index (χ3v) is 4.33. The Kier molecular flexibility index (Phi) is 4.13. The SMILES string of the molecule is Nc1ccc(-c2nc(CSc3ccccc3Cl)no2)cc1. The van der Waals surface area contributed by atoms with Gasteiger partial charge in [-0.15, -0.1) is 11.8 Å². The summed E-state index contributed by atoms with van der Waals surface area (Å²) in [5, 5.41) is 4.71. The molecule has 0 saturated heterocycles. The summed E-state index contributed by atoms with van der Waals surface area (Å²) in [5.74, 6) is 1.72. The largest absolute Gasteiger partial charge is 0.399 e. The third-order valence-electron chi connectivity index (χ3n) is 2.82. The van der Waals surface area contributed by atoms with Crippen LogP contribution in [0.2, 0.25) is 5.02 Å². The molecule has 0 unspecified atom stereocenters.